The molecule has 0 radical (unpaired) electrons. The molecule has 0 spiro atoms. The summed E-state index contributed by atoms with van der Waals surface area (Å²) in [5.41, 5.74) is 1.19. The molecule has 2 saturated heterocycles. The van der Waals surface area contributed by atoms with Gasteiger partial charge in [-0.1, -0.05) is 12.1 Å². The lowest BCUT2D eigenvalue weighted by Crippen LogP contribution is -2.34. The van der Waals surface area contributed by atoms with E-state index in [2.05, 4.69) is 5.32 Å². The smallest absolute Gasteiger partial charge is 0.222 e. The van der Waals surface area contributed by atoms with Crippen molar-refractivity contribution < 1.29 is 9.53 Å². The quantitative estimate of drug-likeness (QED) is 0.903. The van der Waals surface area contributed by atoms with E-state index in [1.165, 1.54) is 12.0 Å². The molecule has 2 fully saturated rings. The molecule has 1 N–H and O–H groups in total. The molecular weight excluding hydrogens is 252 g/mol. The van der Waals surface area contributed by atoms with Gasteiger partial charge in [-0.15, -0.1) is 0 Å². The highest BCUT2D eigenvalue weighted by Crippen LogP contribution is 2.25. The van der Waals surface area contributed by atoms with E-state index in [1.54, 1.807) is 7.11 Å². The summed E-state index contributed by atoms with van der Waals surface area (Å²) in [5, 5.41) is 3.48. The Kier molecular flexibility index (Phi) is 3.92. The molecule has 2 atom stereocenters. The Balaban J connectivity index is 1.49. The van der Waals surface area contributed by atoms with Gasteiger partial charge in [0.05, 0.1) is 7.11 Å². The predicted octanol–water partition coefficient (Wildman–Crippen LogP) is 1.45. The third-order valence-corrected chi connectivity index (χ3v) is 4.50. The molecule has 4 heteroatoms. The summed E-state index contributed by atoms with van der Waals surface area (Å²) in [6.45, 7) is 2.95. The second-order valence-electron chi connectivity index (χ2n) is 5.76. The van der Waals surface area contributed by atoms with Crippen molar-refractivity contribution in [2.45, 2.75) is 25.3 Å². The van der Waals surface area contributed by atoms with Crippen LogP contribution in [-0.2, 0) is 11.2 Å². The summed E-state index contributed by atoms with van der Waals surface area (Å²) in [5.74, 6) is 1.83. The van der Waals surface area contributed by atoms with Crippen molar-refractivity contribution in [3.05, 3.63) is 29.8 Å². The van der Waals surface area contributed by atoms with Gasteiger partial charge >= 0.3 is 0 Å². The van der Waals surface area contributed by atoms with E-state index in [0.29, 0.717) is 18.4 Å². The average Bonchev–Trinajstić information content (AvgIpc) is 3.06. The number of amides is 1. The number of likely N-dealkylation sites (tertiary alicyclic amines) is 1. The van der Waals surface area contributed by atoms with Gasteiger partial charge in [-0.2, -0.15) is 0 Å². The molecule has 0 saturated carbocycles. The third kappa shape index (κ3) is 2.80. The van der Waals surface area contributed by atoms with Crippen molar-refractivity contribution in [1.29, 1.82) is 0 Å². The second-order valence-corrected chi connectivity index (χ2v) is 5.76. The van der Waals surface area contributed by atoms with E-state index in [-0.39, 0.29) is 5.91 Å². The molecule has 1 aromatic carbocycles. The summed E-state index contributed by atoms with van der Waals surface area (Å²) in [6.07, 6.45) is 2.63. The van der Waals surface area contributed by atoms with Crippen LogP contribution in [0.5, 0.6) is 5.75 Å². The first kappa shape index (κ1) is 13.4. The monoisotopic (exact) mass is 274 g/mol. The molecule has 3 rings (SSSR count). The molecule has 0 unspecified atom stereocenters. The minimum absolute atomic E-state index is 0.289. The Morgan fingerprint density at radius 2 is 2.15 bits per heavy atom. The van der Waals surface area contributed by atoms with Crippen LogP contribution in [0, 0.1) is 5.92 Å². The van der Waals surface area contributed by atoms with Gasteiger partial charge in [0.2, 0.25) is 5.91 Å². The SMILES string of the molecule is COc1ccc(CCC(=O)N2C[C@@H]3CCN[C@@H]3C2)cc1. The largest absolute Gasteiger partial charge is 0.497 e. The number of benzene rings is 1. The van der Waals surface area contributed by atoms with Crippen LogP contribution in [0.1, 0.15) is 18.4 Å². The number of nitrogens with one attached hydrogen (secondary N) is 1. The van der Waals surface area contributed by atoms with Crippen molar-refractivity contribution in [2.75, 3.05) is 26.7 Å². The van der Waals surface area contributed by atoms with E-state index in [0.717, 1.165) is 31.8 Å². The van der Waals surface area contributed by atoms with Crippen LogP contribution in [0.4, 0.5) is 0 Å². The first-order valence-electron chi connectivity index (χ1n) is 7.40. The predicted molar refractivity (Wildman–Crippen MR) is 77.8 cm³/mol. The van der Waals surface area contributed by atoms with Crippen LogP contribution in [0.15, 0.2) is 24.3 Å². The van der Waals surface area contributed by atoms with Crippen molar-refractivity contribution >= 4 is 5.91 Å². The van der Waals surface area contributed by atoms with E-state index in [1.807, 2.05) is 29.2 Å². The molecular formula is C16H22N2O2. The Bertz CT molecular complexity index is 460. The number of carbonyl (C=O) groups is 1. The van der Waals surface area contributed by atoms with Gasteiger partial charge in [-0.05, 0) is 43.0 Å². The van der Waals surface area contributed by atoms with Gasteiger partial charge in [0, 0.05) is 25.6 Å². The fourth-order valence-corrected chi connectivity index (χ4v) is 3.25. The summed E-state index contributed by atoms with van der Waals surface area (Å²) in [6, 6.07) is 8.51. The van der Waals surface area contributed by atoms with Gasteiger partial charge < -0.3 is 15.0 Å². The van der Waals surface area contributed by atoms with E-state index in [9.17, 15) is 4.79 Å². The first-order valence-corrected chi connectivity index (χ1v) is 7.40. The number of carbonyl (C=O) groups excluding carboxylic acids is 1. The number of methoxy groups -OCH3 is 1. The highest BCUT2D eigenvalue weighted by Gasteiger charge is 2.37. The molecule has 2 aliphatic heterocycles. The lowest BCUT2D eigenvalue weighted by atomic mass is 10.1. The maximum Gasteiger partial charge on any atom is 0.222 e. The summed E-state index contributed by atoms with van der Waals surface area (Å²) < 4.78 is 5.14. The zero-order valence-corrected chi connectivity index (χ0v) is 12.0. The van der Waals surface area contributed by atoms with Crippen LogP contribution in [0.3, 0.4) is 0 Å². The maximum atomic E-state index is 12.2. The molecule has 0 aromatic heterocycles. The Labute approximate surface area is 120 Å². The molecule has 0 aliphatic carbocycles. The van der Waals surface area contributed by atoms with Gasteiger partial charge in [0.15, 0.2) is 0 Å². The van der Waals surface area contributed by atoms with Crippen LogP contribution in [0.25, 0.3) is 0 Å². The lowest BCUT2D eigenvalue weighted by Gasteiger charge is -2.17. The summed E-state index contributed by atoms with van der Waals surface area (Å²) >= 11 is 0. The topological polar surface area (TPSA) is 41.6 Å². The molecule has 0 bridgehead atoms. The third-order valence-electron chi connectivity index (χ3n) is 4.50. The highest BCUT2D eigenvalue weighted by atomic mass is 16.5. The fraction of sp³-hybridized carbons (Fsp3) is 0.562. The van der Waals surface area contributed by atoms with Crippen LogP contribution in [0.2, 0.25) is 0 Å². The minimum Gasteiger partial charge on any atom is -0.497 e. The first-order chi connectivity index (χ1) is 9.76. The molecule has 1 aromatic rings. The summed E-state index contributed by atoms with van der Waals surface area (Å²) in [4.78, 5) is 14.3. The Morgan fingerprint density at radius 3 is 2.85 bits per heavy atom. The van der Waals surface area contributed by atoms with Crippen LogP contribution in [-0.4, -0.2) is 43.6 Å². The minimum atomic E-state index is 0.289. The van der Waals surface area contributed by atoms with Gasteiger partial charge in [-0.25, -0.2) is 0 Å². The maximum absolute atomic E-state index is 12.2. The molecule has 1 amide bonds. The zero-order chi connectivity index (χ0) is 13.9. The molecule has 2 heterocycles. The normalized spacial score (nSPS) is 24.8. The second kappa shape index (κ2) is 5.83. The molecule has 4 nitrogen and oxygen atoms in total. The van der Waals surface area contributed by atoms with Gasteiger partial charge in [0.25, 0.3) is 0 Å². The van der Waals surface area contributed by atoms with Crippen molar-refractivity contribution in [3.8, 4) is 5.75 Å². The van der Waals surface area contributed by atoms with Crippen molar-refractivity contribution in [2.24, 2.45) is 5.92 Å². The number of rotatable bonds is 4. The standard InChI is InChI=1S/C16H22N2O2/c1-20-14-5-2-12(3-6-14)4-7-16(19)18-10-13-8-9-17-15(13)11-18/h2-3,5-6,13,15,17H,4,7-11H2,1H3/t13-,15+/m0/s1. The number of aryl methyl sites for hydroxylation is 1. The van der Waals surface area contributed by atoms with Crippen LogP contribution < -0.4 is 10.1 Å². The van der Waals surface area contributed by atoms with E-state index >= 15 is 0 Å². The molecule has 20 heavy (non-hydrogen) atoms. The number of hydrogen-bond acceptors (Lipinski definition) is 3. The van der Waals surface area contributed by atoms with E-state index < -0.39 is 0 Å². The number of hydrogen-bond donors (Lipinski definition) is 1. The van der Waals surface area contributed by atoms with Gasteiger partial charge in [0.1, 0.15) is 5.75 Å². The average molecular weight is 274 g/mol. The van der Waals surface area contributed by atoms with Crippen LogP contribution >= 0.6 is 0 Å². The zero-order valence-electron chi connectivity index (χ0n) is 12.0. The molecule has 2 aliphatic rings. The number of ether oxygens (including phenoxy) is 1. The number of nitrogens with zero attached hydrogens (tertiary/aromatic N) is 1. The Hall–Kier alpha value is -1.55. The highest BCUT2D eigenvalue weighted by molar-refractivity contribution is 5.77. The fourth-order valence-electron chi connectivity index (χ4n) is 3.25. The lowest BCUT2D eigenvalue weighted by molar-refractivity contribution is -0.130. The number of fused-ring (bicyclic) bond motifs is 1. The van der Waals surface area contributed by atoms with E-state index in [4.69, 9.17) is 4.74 Å². The summed E-state index contributed by atoms with van der Waals surface area (Å²) in [7, 11) is 1.66. The van der Waals surface area contributed by atoms with Gasteiger partial charge in [-0.3, -0.25) is 4.79 Å². The van der Waals surface area contributed by atoms with Crippen molar-refractivity contribution in [1.82, 2.24) is 10.2 Å². The molecule has 108 valence electrons. The Morgan fingerprint density at radius 1 is 1.35 bits per heavy atom. The van der Waals surface area contributed by atoms with Crippen molar-refractivity contribution in [3.63, 3.8) is 0 Å².